The van der Waals surface area contributed by atoms with Crippen molar-refractivity contribution in [2.24, 2.45) is 0 Å². The van der Waals surface area contributed by atoms with E-state index in [9.17, 15) is 4.79 Å². The molecule has 0 atom stereocenters. The summed E-state index contributed by atoms with van der Waals surface area (Å²) in [4.78, 5) is 16.7. The van der Waals surface area contributed by atoms with Gasteiger partial charge in [-0.1, -0.05) is 6.07 Å². The van der Waals surface area contributed by atoms with Crippen molar-refractivity contribution in [2.75, 3.05) is 13.7 Å². The Morgan fingerprint density at radius 3 is 2.95 bits per heavy atom. The lowest BCUT2D eigenvalue weighted by molar-refractivity contribution is 0.102. The molecule has 100 valence electrons. The highest BCUT2D eigenvalue weighted by Gasteiger charge is 2.19. The van der Waals surface area contributed by atoms with E-state index < -0.39 is 0 Å². The molecule has 2 heterocycles. The summed E-state index contributed by atoms with van der Waals surface area (Å²) in [7, 11) is 1.61. The Labute approximate surface area is 119 Å². The van der Waals surface area contributed by atoms with Crippen LogP contribution in [0.25, 0.3) is 0 Å². The molecule has 0 aliphatic rings. The van der Waals surface area contributed by atoms with Gasteiger partial charge in [0, 0.05) is 12.8 Å². The van der Waals surface area contributed by atoms with Crippen molar-refractivity contribution in [3.8, 4) is 0 Å². The van der Waals surface area contributed by atoms with Crippen molar-refractivity contribution in [1.29, 1.82) is 0 Å². The fourth-order valence-electron chi connectivity index (χ4n) is 1.73. The number of methoxy groups -OCH3 is 1. The van der Waals surface area contributed by atoms with Crippen LogP contribution in [0, 0.1) is 6.92 Å². The fraction of sp³-hybridized carbons (Fsp3) is 0.308. The minimum Gasteiger partial charge on any atom is -0.383 e. The van der Waals surface area contributed by atoms with Crippen LogP contribution in [0.4, 0.5) is 0 Å². The smallest absolute Gasteiger partial charge is 0.230 e. The average molecular weight is 324 g/mol. The van der Waals surface area contributed by atoms with Crippen LogP contribution in [0.2, 0.25) is 0 Å². The maximum atomic E-state index is 12.5. The maximum absolute atomic E-state index is 12.5. The minimum atomic E-state index is -0.149. The van der Waals surface area contributed by atoms with Crippen LogP contribution in [-0.2, 0) is 11.3 Å². The van der Waals surface area contributed by atoms with Gasteiger partial charge in [-0.2, -0.15) is 5.10 Å². The van der Waals surface area contributed by atoms with Crippen LogP contribution in [0.1, 0.15) is 21.9 Å². The molecule has 0 amide bonds. The van der Waals surface area contributed by atoms with Gasteiger partial charge in [-0.25, -0.2) is 4.98 Å². The number of carbonyl (C=O) groups excluding carboxylic acids is 1. The first kappa shape index (κ1) is 13.9. The van der Waals surface area contributed by atoms with E-state index in [4.69, 9.17) is 4.74 Å². The van der Waals surface area contributed by atoms with Gasteiger partial charge in [-0.05, 0) is 35.0 Å². The van der Waals surface area contributed by atoms with Crippen molar-refractivity contribution in [3.63, 3.8) is 0 Å². The zero-order valence-corrected chi connectivity index (χ0v) is 12.3. The van der Waals surface area contributed by atoms with E-state index in [1.165, 1.54) is 0 Å². The second-order valence-corrected chi connectivity index (χ2v) is 4.90. The van der Waals surface area contributed by atoms with Crippen molar-refractivity contribution in [1.82, 2.24) is 14.8 Å². The van der Waals surface area contributed by atoms with E-state index in [1.54, 1.807) is 24.1 Å². The van der Waals surface area contributed by atoms with Gasteiger partial charge >= 0.3 is 0 Å². The number of nitrogens with zero attached hydrogens (tertiary/aromatic N) is 3. The first-order valence-corrected chi connectivity index (χ1v) is 6.61. The van der Waals surface area contributed by atoms with Crippen LogP contribution < -0.4 is 0 Å². The monoisotopic (exact) mass is 323 g/mol. The SMILES string of the molecule is COCCn1ncc(Br)c1C(=O)c1cccc(C)n1. The molecule has 0 aliphatic heterocycles. The average Bonchev–Trinajstić information content (AvgIpc) is 2.76. The fourth-order valence-corrected chi connectivity index (χ4v) is 2.20. The highest BCUT2D eigenvalue weighted by Crippen LogP contribution is 2.19. The first-order chi connectivity index (χ1) is 9.13. The summed E-state index contributed by atoms with van der Waals surface area (Å²) in [6, 6.07) is 5.38. The van der Waals surface area contributed by atoms with Gasteiger partial charge in [0.1, 0.15) is 11.4 Å². The Bertz CT molecular complexity index is 595. The van der Waals surface area contributed by atoms with Crippen molar-refractivity contribution < 1.29 is 9.53 Å². The van der Waals surface area contributed by atoms with E-state index in [1.807, 2.05) is 19.1 Å². The van der Waals surface area contributed by atoms with E-state index >= 15 is 0 Å². The Kier molecular flexibility index (Phi) is 4.44. The molecule has 2 aromatic rings. The quantitative estimate of drug-likeness (QED) is 0.792. The number of aromatic nitrogens is 3. The van der Waals surface area contributed by atoms with Crippen LogP contribution >= 0.6 is 15.9 Å². The number of ketones is 1. The molecule has 0 radical (unpaired) electrons. The highest BCUT2D eigenvalue weighted by atomic mass is 79.9. The number of halogens is 1. The predicted molar refractivity (Wildman–Crippen MR) is 74.2 cm³/mol. The Morgan fingerprint density at radius 2 is 2.26 bits per heavy atom. The highest BCUT2D eigenvalue weighted by molar-refractivity contribution is 9.10. The first-order valence-electron chi connectivity index (χ1n) is 5.82. The molecule has 0 unspecified atom stereocenters. The number of aryl methyl sites for hydroxylation is 1. The standard InChI is InChI=1S/C13H14BrN3O2/c1-9-4-3-5-11(16-9)13(18)12-10(14)8-15-17(12)6-7-19-2/h3-5,8H,6-7H2,1-2H3. The van der Waals surface area contributed by atoms with Gasteiger partial charge in [0.25, 0.3) is 0 Å². The summed E-state index contributed by atoms with van der Waals surface area (Å²) in [6.07, 6.45) is 1.61. The van der Waals surface area contributed by atoms with E-state index in [0.717, 1.165) is 5.69 Å². The molecule has 0 bridgehead atoms. The minimum absolute atomic E-state index is 0.149. The van der Waals surface area contributed by atoms with Gasteiger partial charge in [-0.15, -0.1) is 0 Å². The van der Waals surface area contributed by atoms with Gasteiger partial charge in [-0.3, -0.25) is 9.48 Å². The zero-order valence-electron chi connectivity index (χ0n) is 10.8. The third-order valence-corrected chi connectivity index (χ3v) is 3.22. The number of carbonyl (C=O) groups is 1. The van der Waals surface area contributed by atoms with Gasteiger partial charge in [0.05, 0.1) is 23.8 Å². The normalized spacial score (nSPS) is 10.7. The Morgan fingerprint density at radius 1 is 1.47 bits per heavy atom. The molecule has 0 spiro atoms. The molecular formula is C13H14BrN3O2. The molecule has 0 aliphatic carbocycles. The summed E-state index contributed by atoms with van der Waals surface area (Å²) >= 11 is 3.35. The van der Waals surface area contributed by atoms with Crippen LogP contribution in [-0.4, -0.2) is 34.3 Å². The van der Waals surface area contributed by atoms with E-state index in [0.29, 0.717) is 29.0 Å². The number of hydrogen-bond acceptors (Lipinski definition) is 4. The van der Waals surface area contributed by atoms with E-state index in [-0.39, 0.29) is 5.78 Å². The maximum Gasteiger partial charge on any atom is 0.230 e. The summed E-state index contributed by atoms with van der Waals surface area (Å²) in [5.74, 6) is -0.149. The molecule has 2 aromatic heterocycles. The zero-order chi connectivity index (χ0) is 13.8. The molecule has 0 N–H and O–H groups in total. The third kappa shape index (κ3) is 3.08. The Hall–Kier alpha value is -1.53. The second-order valence-electron chi connectivity index (χ2n) is 4.05. The van der Waals surface area contributed by atoms with Crippen molar-refractivity contribution in [3.05, 3.63) is 46.0 Å². The number of hydrogen-bond donors (Lipinski definition) is 0. The van der Waals surface area contributed by atoms with Gasteiger partial charge in [0.15, 0.2) is 0 Å². The lowest BCUT2D eigenvalue weighted by Crippen LogP contribution is -2.15. The number of pyridine rings is 1. The number of ether oxygens (including phenoxy) is 1. The summed E-state index contributed by atoms with van der Waals surface area (Å²) in [6.45, 7) is 2.87. The molecule has 2 rings (SSSR count). The van der Waals surface area contributed by atoms with Crippen LogP contribution in [0.15, 0.2) is 28.9 Å². The molecule has 0 saturated carbocycles. The molecular weight excluding hydrogens is 310 g/mol. The van der Waals surface area contributed by atoms with Gasteiger partial charge < -0.3 is 4.74 Å². The molecule has 0 fully saturated rings. The largest absolute Gasteiger partial charge is 0.383 e. The molecule has 5 nitrogen and oxygen atoms in total. The topological polar surface area (TPSA) is 57.0 Å². The second kappa shape index (κ2) is 6.08. The summed E-state index contributed by atoms with van der Waals surface area (Å²) in [5, 5.41) is 4.16. The Balaban J connectivity index is 2.35. The van der Waals surface area contributed by atoms with Crippen molar-refractivity contribution in [2.45, 2.75) is 13.5 Å². The van der Waals surface area contributed by atoms with Crippen LogP contribution in [0.5, 0.6) is 0 Å². The van der Waals surface area contributed by atoms with Crippen molar-refractivity contribution >= 4 is 21.7 Å². The lowest BCUT2D eigenvalue weighted by atomic mass is 10.2. The van der Waals surface area contributed by atoms with Gasteiger partial charge in [0.2, 0.25) is 5.78 Å². The predicted octanol–water partition coefficient (Wildman–Crippen LogP) is 2.23. The van der Waals surface area contributed by atoms with Crippen LogP contribution in [0.3, 0.4) is 0 Å². The molecule has 0 saturated heterocycles. The summed E-state index contributed by atoms with van der Waals surface area (Å²) < 4.78 is 7.30. The molecule has 19 heavy (non-hydrogen) atoms. The molecule has 6 heteroatoms. The number of rotatable bonds is 5. The lowest BCUT2D eigenvalue weighted by Gasteiger charge is -2.07. The molecule has 0 aromatic carbocycles. The third-order valence-electron chi connectivity index (χ3n) is 2.64. The summed E-state index contributed by atoms with van der Waals surface area (Å²) in [5.41, 5.74) is 1.72. The van der Waals surface area contributed by atoms with E-state index in [2.05, 4.69) is 26.0 Å².